The normalized spacial score (nSPS) is 11.2. The van der Waals surface area contributed by atoms with Gasteiger partial charge in [-0.05, 0) is 44.6 Å². The van der Waals surface area contributed by atoms with Crippen LogP contribution in [0.3, 0.4) is 0 Å². The van der Waals surface area contributed by atoms with E-state index in [4.69, 9.17) is 4.74 Å². The number of benzene rings is 1. The smallest absolute Gasteiger partial charge is 0.308 e. The maximum atomic E-state index is 11.2. The highest BCUT2D eigenvalue weighted by Crippen LogP contribution is 2.35. The molecule has 0 saturated heterocycles. The summed E-state index contributed by atoms with van der Waals surface area (Å²) < 4.78 is 5.09. The molecule has 0 unspecified atom stereocenters. The van der Waals surface area contributed by atoms with Gasteiger partial charge in [-0.25, -0.2) is 0 Å². The zero-order chi connectivity index (χ0) is 19.9. The summed E-state index contributed by atoms with van der Waals surface area (Å²) in [5.74, 6) is -0.512. The van der Waals surface area contributed by atoms with Gasteiger partial charge in [0.15, 0.2) is 11.5 Å². The standard InChI is InChI=1S/C23H36O4/c1-3-4-5-6-7-8-9-10-11-12-13-14-15-16-20-17-21(25)18-22(26)23(20)27-19(2)24/h8-9,17-18,25-26H,3-7,10-16H2,1-2H3/b9-8-. The number of unbranched alkanes of at least 4 members (excludes halogenated alkanes) is 9. The summed E-state index contributed by atoms with van der Waals surface area (Å²) >= 11 is 0. The summed E-state index contributed by atoms with van der Waals surface area (Å²) in [6.07, 6.45) is 18.6. The Labute approximate surface area is 164 Å². The van der Waals surface area contributed by atoms with Gasteiger partial charge < -0.3 is 14.9 Å². The van der Waals surface area contributed by atoms with Gasteiger partial charge in [0, 0.05) is 18.6 Å². The molecule has 152 valence electrons. The number of esters is 1. The van der Waals surface area contributed by atoms with E-state index in [1.165, 1.54) is 57.9 Å². The quantitative estimate of drug-likeness (QED) is 0.170. The van der Waals surface area contributed by atoms with Crippen molar-refractivity contribution in [1.82, 2.24) is 0 Å². The number of hydrogen-bond acceptors (Lipinski definition) is 4. The number of carbonyl (C=O) groups excluding carboxylic acids is 1. The van der Waals surface area contributed by atoms with Crippen molar-refractivity contribution in [2.24, 2.45) is 0 Å². The fraction of sp³-hybridized carbons (Fsp3) is 0.609. The van der Waals surface area contributed by atoms with Crippen molar-refractivity contribution in [1.29, 1.82) is 0 Å². The summed E-state index contributed by atoms with van der Waals surface area (Å²) in [5.41, 5.74) is 0.675. The van der Waals surface area contributed by atoms with Gasteiger partial charge in [0.1, 0.15) is 5.75 Å². The van der Waals surface area contributed by atoms with Crippen molar-refractivity contribution in [3.63, 3.8) is 0 Å². The van der Waals surface area contributed by atoms with Crippen LogP contribution in [0.1, 0.15) is 90.0 Å². The van der Waals surface area contributed by atoms with Crippen LogP contribution in [-0.2, 0) is 11.2 Å². The highest BCUT2D eigenvalue weighted by molar-refractivity contribution is 5.71. The van der Waals surface area contributed by atoms with Crippen LogP contribution in [0.5, 0.6) is 17.2 Å². The van der Waals surface area contributed by atoms with Crippen LogP contribution in [0, 0.1) is 0 Å². The van der Waals surface area contributed by atoms with E-state index in [-0.39, 0.29) is 17.2 Å². The van der Waals surface area contributed by atoms with Gasteiger partial charge in [-0.1, -0.05) is 57.6 Å². The lowest BCUT2D eigenvalue weighted by Gasteiger charge is -2.11. The number of aryl methyl sites for hydroxylation is 1. The maximum Gasteiger partial charge on any atom is 0.308 e. The first kappa shape index (κ1) is 23.1. The van der Waals surface area contributed by atoms with Crippen molar-refractivity contribution in [2.45, 2.75) is 90.9 Å². The molecule has 1 aromatic rings. The van der Waals surface area contributed by atoms with Crippen LogP contribution < -0.4 is 4.74 Å². The van der Waals surface area contributed by atoms with Gasteiger partial charge in [-0.3, -0.25) is 4.79 Å². The molecule has 0 atom stereocenters. The molecule has 4 nitrogen and oxygen atoms in total. The third-order valence-corrected chi connectivity index (χ3v) is 4.58. The lowest BCUT2D eigenvalue weighted by molar-refractivity contribution is -0.132. The molecule has 0 heterocycles. The van der Waals surface area contributed by atoms with Crippen LogP contribution in [0.4, 0.5) is 0 Å². The largest absolute Gasteiger partial charge is 0.508 e. The summed E-state index contributed by atoms with van der Waals surface area (Å²) in [5, 5.41) is 19.5. The number of hydrogen-bond donors (Lipinski definition) is 2. The van der Waals surface area contributed by atoms with E-state index < -0.39 is 5.97 Å². The van der Waals surface area contributed by atoms with Crippen molar-refractivity contribution in [3.8, 4) is 17.2 Å². The monoisotopic (exact) mass is 376 g/mol. The Kier molecular flexibility index (Phi) is 12.1. The highest BCUT2D eigenvalue weighted by Gasteiger charge is 2.13. The molecule has 0 aliphatic carbocycles. The van der Waals surface area contributed by atoms with Gasteiger partial charge in [-0.15, -0.1) is 0 Å². The highest BCUT2D eigenvalue weighted by atomic mass is 16.5. The molecule has 27 heavy (non-hydrogen) atoms. The first-order valence-corrected chi connectivity index (χ1v) is 10.4. The van der Waals surface area contributed by atoms with Crippen LogP contribution in [0.15, 0.2) is 24.3 Å². The second-order valence-electron chi connectivity index (χ2n) is 7.17. The molecule has 0 spiro atoms. The summed E-state index contributed by atoms with van der Waals surface area (Å²) in [6.45, 7) is 3.54. The Hall–Kier alpha value is -1.97. The van der Waals surface area contributed by atoms with Gasteiger partial charge in [0.05, 0.1) is 0 Å². The molecular weight excluding hydrogens is 340 g/mol. The second-order valence-corrected chi connectivity index (χ2v) is 7.17. The fourth-order valence-electron chi connectivity index (χ4n) is 3.14. The number of aromatic hydroxyl groups is 2. The summed E-state index contributed by atoms with van der Waals surface area (Å²) in [4.78, 5) is 11.2. The Morgan fingerprint density at radius 1 is 0.926 bits per heavy atom. The summed E-state index contributed by atoms with van der Waals surface area (Å²) in [7, 11) is 0. The van der Waals surface area contributed by atoms with E-state index in [2.05, 4.69) is 19.1 Å². The van der Waals surface area contributed by atoms with Crippen LogP contribution in [0.2, 0.25) is 0 Å². The first-order valence-electron chi connectivity index (χ1n) is 10.4. The molecule has 0 amide bonds. The minimum atomic E-state index is -0.476. The van der Waals surface area contributed by atoms with Crippen molar-refractivity contribution in [2.75, 3.05) is 0 Å². The molecule has 0 aliphatic rings. The average molecular weight is 377 g/mol. The van der Waals surface area contributed by atoms with Crippen LogP contribution in [0.25, 0.3) is 0 Å². The van der Waals surface area contributed by atoms with Gasteiger partial charge in [0.25, 0.3) is 0 Å². The Morgan fingerprint density at radius 3 is 2.15 bits per heavy atom. The lowest BCUT2D eigenvalue weighted by atomic mass is 10.0. The summed E-state index contributed by atoms with van der Waals surface area (Å²) in [6, 6.07) is 2.75. The van der Waals surface area contributed by atoms with Crippen molar-refractivity contribution >= 4 is 5.97 Å². The second kappa shape index (κ2) is 14.1. The third-order valence-electron chi connectivity index (χ3n) is 4.58. The van der Waals surface area contributed by atoms with Gasteiger partial charge >= 0.3 is 5.97 Å². The number of phenols is 2. The number of phenolic OH excluding ortho intramolecular Hbond substituents is 2. The number of carbonyl (C=O) groups is 1. The third kappa shape index (κ3) is 10.7. The van der Waals surface area contributed by atoms with Gasteiger partial charge in [0.2, 0.25) is 0 Å². The molecule has 0 saturated carbocycles. The molecule has 0 radical (unpaired) electrons. The molecule has 0 aliphatic heterocycles. The van der Waals surface area contributed by atoms with E-state index >= 15 is 0 Å². The molecule has 1 rings (SSSR count). The van der Waals surface area contributed by atoms with Crippen LogP contribution in [-0.4, -0.2) is 16.2 Å². The number of rotatable bonds is 14. The minimum Gasteiger partial charge on any atom is -0.508 e. The number of ether oxygens (including phenoxy) is 1. The van der Waals surface area contributed by atoms with Crippen molar-refractivity contribution < 1.29 is 19.7 Å². The van der Waals surface area contributed by atoms with Crippen molar-refractivity contribution in [3.05, 3.63) is 29.8 Å². The maximum absolute atomic E-state index is 11.2. The predicted octanol–water partition coefficient (Wildman–Crippen LogP) is 6.43. The lowest BCUT2D eigenvalue weighted by Crippen LogP contribution is -2.04. The fourth-order valence-corrected chi connectivity index (χ4v) is 3.14. The zero-order valence-electron chi connectivity index (χ0n) is 17.0. The Bertz CT molecular complexity index is 578. The molecule has 2 N–H and O–H groups in total. The number of allylic oxidation sites excluding steroid dienone is 2. The molecule has 0 fully saturated rings. The molecule has 0 bridgehead atoms. The van der Waals surface area contributed by atoms with E-state index in [9.17, 15) is 15.0 Å². The topological polar surface area (TPSA) is 66.8 Å². The average Bonchev–Trinajstić information content (AvgIpc) is 2.61. The van der Waals surface area contributed by atoms with Crippen LogP contribution >= 0.6 is 0 Å². The molecular formula is C23H36O4. The van der Waals surface area contributed by atoms with E-state index in [1.807, 2.05) is 0 Å². The minimum absolute atomic E-state index is 0.0140. The molecule has 4 heteroatoms. The zero-order valence-corrected chi connectivity index (χ0v) is 17.0. The first-order chi connectivity index (χ1) is 13.0. The Morgan fingerprint density at radius 2 is 1.52 bits per heavy atom. The van der Waals surface area contributed by atoms with E-state index in [0.717, 1.165) is 25.7 Å². The van der Waals surface area contributed by atoms with E-state index in [1.54, 1.807) is 6.07 Å². The molecule has 1 aromatic carbocycles. The van der Waals surface area contributed by atoms with Gasteiger partial charge in [-0.2, -0.15) is 0 Å². The Balaban J connectivity index is 2.18. The predicted molar refractivity (Wildman–Crippen MR) is 110 cm³/mol. The SMILES string of the molecule is CCCCCC/C=C\CCCCCCCc1cc(O)cc(O)c1OC(C)=O. The van der Waals surface area contributed by atoms with E-state index in [0.29, 0.717) is 12.0 Å². The molecule has 0 aromatic heterocycles.